The molecule has 2 amide bonds. The second-order valence-electron chi connectivity index (χ2n) is 6.05. The number of hydrogen-bond acceptors (Lipinski definition) is 3. The van der Waals surface area contributed by atoms with Crippen molar-refractivity contribution in [2.45, 2.75) is 57.5 Å². The highest BCUT2D eigenvalue weighted by Crippen LogP contribution is 2.27. The number of carbonyl (C=O) groups excluding carboxylic acids is 1. The second-order valence-corrected chi connectivity index (χ2v) is 6.05. The van der Waals surface area contributed by atoms with Crippen LogP contribution in [0.4, 0.5) is 4.79 Å². The summed E-state index contributed by atoms with van der Waals surface area (Å²) in [6.45, 7) is 5.11. The number of likely N-dealkylation sites (N-methyl/N-ethyl adjacent to an activating group) is 1. The molecule has 1 rings (SSSR count). The van der Waals surface area contributed by atoms with Crippen molar-refractivity contribution >= 4 is 6.03 Å². The van der Waals surface area contributed by atoms with Gasteiger partial charge in [-0.2, -0.15) is 0 Å². The lowest BCUT2D eigenvalue weighted by Crippen LogP contribution is -2.48. The minimum absolute atomic E-state index is 0.173. The molecule has 0 aliphatic heterocycles. The average Bonchev–Trinajstić information content (AvgIpc) is 2.44. The smallest absolute Gasteiger partial charge is 0.314 e. The Morgan fingerprint density at radius 3 is 2.55 bits per heavy atom. The molecular formula is C15H31N3O2. The predicted molar refractivity (Wildman–Crippen MR) is 81.8 cm³/mol. The van der Waals surface area contributed by atoms with Crippen LogP contribution in [-0.2, 0) is 0 Å². The highest BCUT2D eigenvalue weighted by Gasteiger charge is 2.29. The lowest BCUT2D eigenvalue weighted by atomic mass is 9.85. The number of nitrogens with one attached hydrogen (secondary N) is 2. The molecule has 5 nitrogen and oxygen atoms in total. The van der Waals surface area contributed by atoms with Gasteiger partial charge in [-0.05, 0) is 32.9 Å². The molecule has 0 bridgehead atoms. The van der Waals surface area contributed by atoms with Gasteiger partial charge in [-0.1, -0.05) is 32.6 Å². The zero-order valence-electron chi connectivity index (χ0n) is 13.1. The number of rotatable bonds is 8. The van der Waals surface area contributed by atoms with Gasteiger partial charge in [0.15, 0.2) is 0 Å². The van der Waals surface area contributed by atoms with Crippen molar-refractivity contribution in [3.05, 3.63) is 0 Å². The first-order valence-corrected chi connectivity index (χ1v) is 7.98. The SMILES string of the molecule is CCCCN(C)CCNC(=O)NCC1(O)CCCCC1. The summed E-state index contributed by atoms with van der Waals surface area (Å²) in [5, 5.41) is 15.9. The van der Waals surface area contributed by atoms with Crippen molar-refractivity contribution in [2.24, 2.45) is 0 Å². The second kappa shape index (κ2) is 9.19. The summed E-state index contributed by atoms with van der Waals surface area (Å²) in [5.74, 6) is 0. The van der Waals surface area contributed by atoms with Gasteiger partial charge in [-0.25, -0.2) is 4.79 Å². The molecule has 0 aromatic carbocycles. The van der Waals surface area contributed by atoms with Crippen molar-refractivity contribution in [3.8, 4) is 0 Å². The normalized spacial score (nSPS) is 18.0. The average molecular weight is 285 g/mol. The topological polar surface area (TPSA) is 64.6 Å². The maximum atomic E-state index is 11.7. The molecule has 118 valence electrons. The van der Waals surface area contributed by atoms with Crippen LogP contribution in [0.15, 0.2) is 0 Å². The van der Waals surface area contributed by atoms with E-state index < -0.39 is 5.60 Å². The summed E-state index contributed by atoms with van der Waals surface area (Å²) in [6, 6.07) is -0.173. The van der Waals surface area contributed by atoms with Gasteiger partial charge in [0, 0.05) is 19.6 Å². The molecule has 1 saturated carbocycles. The maximum Gasteiger partial charge on any atom is 0.314 e. The van der Waals surface area contributed by atoms with Crippen molar-refractivity contribution in [3.63, 3.8) is 0 Å². The van der Waals surface area contributed by atoms with Crippen molar-refractivity contribution in [1.82, 2.24) is 15.5 Å². The highest BCUT2D eigenvalue weighted by molar-refractivity contribution is 5.73. The lowest BCUT2D eigenvalue weighted by molar-refractivity contribution is 0.00719. The summed E-state index contributed by atoms with van der Waals surface area (Å²) in [6.07, 6.45) is 7.29. The first-order valence-electron chi connectivity index (χ1n) is 7.98. The van der Waals surface area contributed by atoms with E-state index in [4.69, 9.17) is 0 Å². The Morgan fingerprint density at radius 2 is 1.90 bits per heavy atom. The standard InChI is InChI=1S/C15H31N3O2/c1-3-4-11-18(2)12-10-16-14(19)17-13-15(20)8-6-5-7-9-15/h20H,3-13H2,1-2H3,(H2,16,17,19). The van der Waals surface area contributed by atoms with Gasteiger partial charge >= 0.3 is 6.03 Å². The van der Waals surface area contributed by atoms with E-state index in [9.17, 15) is 9.90 Å². The number of carbonyl (C=O) groups is 1. The Hall–Kier alpha value is -0.810. The van der Waals surface area contributed by atoms with Gasteiger partial charge in [-0.15, -0.1) is 0 Å². The molecule has 0 spiro atoms. The van der Waals surface area contributed by atoms with E-state index in [2.05, 4.69) is 29.5 Å². The third-order valence-electron chi connectivity index (χ3n) is 4.03. The lowest BCUT2D eigenvalue weighted by Gasteiger charge is -2.32. The van der Waals surface area contributed by atoms with Gasteiger partial charge in [0.05, 0.1) is 5.60 Å². The van der Waals surface area contributed by atoms with Crippen LogP contribution in [0, 0.1) is 0 Å². The summed E-state index contributed by atoms with van der Waals surface area (Å²) in [7, 11) is 2.07. The minimum Gasteiger partial charge on any atom is -0.388 e. The summed E-state index contributed by atoms with van der Waals surface area (Å²) in [5.41, 5.74) is -0.687. The minimum atomic E-state index is -0.687. The third-order valence-corrected chi connectivity index (χ3v) is 4.03. The molecule has 0 heterocycles. The summed E-state index contributed by atoms with van der Waals surface area (Å²) >= 11 is 0. The van der Waals surface area contributed by atoms with Crippen LogP contribution in [0.3, 0.4) is 0 Å². The zero-order valence-corrected chi connectivity index (χ0v) is 13.1. The van der Waals surface area contributed by atoms with Gasteiger partial charge < -0.3 is 20.6 Å². The van der Waals surface area contributed by atoms with Crippen LogP contribution in [0.5, 0.6) is 0 Å². The third kappa shape index (κ3) is 7.10. The molecule has 0 aromatic rings. The van der Waals surface area contributed by atoms with Crippen LogP contribution in [-0.4, -0.2) is 54.9 Å². The number of amides is 2. The number of aliphatic hydroxyl groups is 1. The number of hydrogen-bond donors (Lipinski definition) is 3. The Balaban J connectivity index is 2.08. The van der Waals surface area contributed by atoms with E-state index in [-0.39, 0.29) is 6.03 Å². The van der Waals surface area contributed by atoms with Crippen molar-refractivity contribution in [1.29, 1.82) is 0 Å². The van der Waals surface area contributed by atoms with Crippen LogP contribution >= 0.6 is 0 Å². The van der Waals surface area contributed by atoms with Gasteiger partial charge in [0.2, 0.25) is 0 Å². The van der Waals surface area contributed by atoms with E-state index >= 15 is 0 Å². The molecule has 0 saturated heterocycles. The Labute approximate surface area is 123 Å². The van der Waals surface area contributed by atoms with E-state index in [0.717, 1.165) is 38.8 Å². The van der Waals surface area contributed by atoms with Gasteiger partial charge in [0.1, 0.15) is 0 Å². The Morgan fingerprint density at radius 1 is 1.20 bits per heavy atom. The van der Waals surface area contributed by atoms with Gasteiger partial charge in [-0.3, -0.25) is 0 Å². The molecule has 3 N–H and O–H groups in total. The molecule has 20 heavy (non-hydrogen) atoms. The Kier molecular flexibility index (Phi) is 7.92. The molecule has 1 fully saturated rings. The van der Waals surface area contributed by atoms with E-state index in [1.807, 2.05) is 0 Å². The zero-order chi connectivity index (χ0) is 14.8. The first kappa shape index (κ1) is 17.2. The molecule has 0 unspecified atom stereocenters. The summed E-state index contributed by atoms with van der Waals surface area (Å²) < 4.78 is 0. The van der Waals surface area contributed by atoms with Gasteiger partial charge in [0.25, 0.3) is 0 Å². The quantitative estimate of drug-likeness (QED) is 0.636. The fourth-order valence-corrected chi connectivity index (χ4v) is 2.59. The fourth-order valence-electron chi connectivity index (χ4n) is 2.59. The van der Waals surface area contributed by atoms with Crippen molar-refractivity contribution < 1.29 is 9.90 Å². The maximum absolute atomic E-state index is 11.7. The van der Waals surface area contributed by atoms with Crippen LogP contribution in [0.1, 0.15) is 51.9 Å². The highest BCUT2D eigenvalue weighted by atomic mass is 16.3. The molecule has 1 aliphatic carbocycles. The first-order chi connectivity index (χ1) is 9.56. The molecule has 5 heteroatoms. The van der Waals surface area contributed by atoms with Crippen LogP contribution in [0.2, 0.25) is 0 Å². The largest absolute Gasteiger partial charge is 0.388 e. The Bertz CT molecular complexity index is 278. The van der Waals surface area contributed by atoms with E-state index in [1.54, 1.807) is 0 Å². The summed E-state index contributed by atoms with van der Waals surface area (Å²) in [4.78, 5) is 13.9. The molecule has 0 atom stereocenters. The number of urea groups is 1. The molecular weight excluding hydrogens is 254 g/mol. The van der Waals surface area contributed by atoms with E-state index in [0.29, 0.717) is 13.1 Å². The van der Waals surface area contributed by atoms with E-state index in [1.165, 1.54) is 19.3 Å². The molecule has 1 aliphatic rings. The van der Waals surface area contributed by atoms with Crippen LogP contribution in [0.25, 0.3) is 0 Å². The van der Waals surface area contributed by atoms with Crippen molar-refractivity contribution in [2.75, 3.05) is 33.2 Å². The number of unbranched alkanes of at least 4 members (excludes halogenated alkanes) is 1. The number of nitrogens with zero attached hydrogens (tertiary/aromatic N) is 1. The predicted octanol–water partition coefficient (Wildman–Crippen LogP) is 1.71. The molecule has 0 aromatic heterocycles. The molecule has 0 radical (unpaired) electrons. The van der Waals surface area contributed by atoms with Crippen LogP contribution < -0.4 is 10.6 Å². The fraction of sp³-hybridized carbons (Fsp3) is 0.933. The monoisotopic (exact) mass is 285 g/mol.